The van der Waals surface area contributed by atoms with Gasteiger partial charge in [-0.25, -0.2) is 0 Å². The predicted molar refractivity (Wildman–Crippen MR) is 42.4 cm³/mol. The Morgan fingerprint density at radius 2 is 1.90 bits per heavy atom. The predicted octanol–water partition coefficient (Wildman–Crippen LogP) is 2.61. The third kappa shape index (κ3) is 0.799. The van der Waals surface area contributed by atoms with E-state index < -0.39 is 0 Å². The van der Waals surface area contributed by atoms with Crippen LogP contribution in [0.15, 0.2) is 0 Å². The van der Waals surface area contributed by atoms with Gasteiger partial charge in [0.2, 0.25) is 0 Å². The second-order valence-electron chi connectivity index (χ2n) is 3.90. The van der Waals surface area contributed by atoms with E-state index in [-0.39, 0.29) is 0 Å². The van der Waals surface area contributed by atoms with E-state index in [1.807, 2.05) is 0 Å². The van der Waals surface area contributed by atoms with Crippen LogP contribution in [0, 0.1) is 16.7 Å². The maximum atomic E-state index is 7.16. The molecule has 0 bridgehead atoms. The van der Waals surface area contributed by atoms with Crippen molar-refractivity contribution in [3.05, 3.63) is 0 Å². The largest absolute Gasteiger partial charge is 0.313 e. The molecule has 2 rings (SSSR count). The molecule has 1 spiro atoms. The van der Waals surface area contributed by atoms with Gasteiger partial charge in [0.05, 0.1) is 0 Å². The lowest BCUT2D eigenvalue weighted by atomic mass is 9.85. The van der Waals surface area contributed by atoms with E-state index in [0.717, 1.165) is 0 Å². The molecule has 0 saturated heterocycles. The molecule has 0 heterocycles. The van der Waals surface area contributed by atoms with Crippen LogP contribution in [0.1, 0.15) is 38.5 Å². The fraction of sp³-hybridized carbons (Fsp3) is 0.889. The minimum atomic E-state index is 0.653. The molecule has 0 aromatic carbocycles. The van der Waals surface area contributed by atoms with Crippen LogP contribution < -0.4 is 0 Å². The quantitative estimate of drug-likeness (QED) is 0.537. The summed E-state index contributed by atoms with van der Waals surface area (Å²) in [5, 5.41) is 7.16. The Balaban J connectivity index is 1.97. The van der Waals surface area contributed by atoms with Crippen LogP contribution in [0.25, 0.3) is 0 Å². The highest BCUT2D eigenvalue weighted by molar-refractivity contribution is 5.63. The first kappa shape index (κ1) is 6.38. The summed E-state index contributed by atoms with van der Waals surface area (Å²) in [6.07, 6.45) is 10.1. The van der Waals surface area contributed by atoms with Gasteiger partial charge in [-0.2, -0.15) is 0 Å². The standard InChI is InChI=1S/C9H15N/c10-7-8-6-9(8)4-2-1-3-5-9/h7-8,10H,1-6H2/t8-/m1/s1. The van der Waals surface area contributed by atoms with Crippen molar-refractivity contribution in [3.8, 4) is 0 Å². The highest BCUT2D eigenvalue weighted by Gasteiger charge is 2.52. The Labute approximate surface area is 62.3 Å². The van der Waals surface area contributed by atoms with Crippen molar-refractivity contribution in [1.29, 1.82) is 5.41 Å². The molecule has 1 atom stereocenters. The highest BCUT2D eigenvalue weighted by Crippen LogP contribution is 2.60. The second kappa shape index (κ2) is 2.08. The van der Waals surface area contributed by atoms with E-state index in [4.69, 9.17) is 5.41 Å². The van der Waals surface area contributed by atoms with E-state index in [0.29, 0.717) is 11.3 Å². The third-order valence-electron chi connectivity index (χ3n) is 3.30. The van der Waals surface area contributed by atoms with Crippen LogP contribution in [-0.4, -0.2) is 6.21 Å². The zero-order valence-corrected chi connectivity index (χ0v) is 6.40. The molecule has 10 heavy (non-hydrogen) atoms. The molecule has 0 radical (unpaired) electrons. The van der Waals surface area contributed by atoms with Gasteiger partial charge in [-0.3, -0.25) is 0 Å². The third-order valence-corrected chi connectivity index (χ3v) is 3.30. The van der Waals surface area contributed by atoms with E-state index in [1.165, 1.54) is 38.5 Å². The molecule has 0 aromatic rings. The first-order valence-corrected chi connectivity index (χ1v) is 4.38. The van der Waals surface area contributed by atoms with Gasteiger partial charge in [-0.15, -0.1) is 0 Å². The molecule has 2 aliphatic carbocycles. The minimum absolute atomic E-state index is 0.653. The fourth-order valence-corrected chi connectivity index (χ4v) is 2.45. The van der Waals surface area contributed by atoms with Crippen molar-refractivity contribution in [2.75, 3.05) is 0 Å². The fourth-order valence-electron chi connectivity index (χ4n) is 2.45. The first-order valence-electron chi connectivity index (χ1n) is 4.38. The molecule has 56 valence electrons. The zero-order chi connectivity index (χ0) is 7.03. The maximum absolute atomic E-state index is 7.16. The van der Waals surface area contributed by atoms with Crippen LogP contribution in [0.3, 0.4) is 0 Å². The monoisotopic (exact) mass is 137 g/mol. The van der Waals surface area contributed by atoms with E-state index >= 15 is 0 Å². The molecular weight excluding hydrogens is 122 g/mol. The van der Waals surface area contributed by atoms with Crippen LogP contribution in [0.5, 0.6) is 0 Å². The summed E-state index contributed by atoms with van der Waals surface area (Å²) in [4.78, 5) is 0. The molecule has 2 saturated carbocycles. The summed E-state index contributed by atoms with van der Waals surface area (Å²) in [6, 6.07) is 0. The van der Waals surface area contributed by atoms with Crippen LogP contribution in [0.4, 0.5) is 0 Å². The van der Waals surface area contributed by atoms with Crippen LogP contribution >= 0.6 is 0 Å². The van der Waals surface area contributed by atoms with Crippen molar-refractivity contribution in [2.24, 2.45) is 11.3 Å². The first-order chi connectivity index (χ1) is 4.87. The summed E-state index contributed by atoms with van der Waals surface area (Å²) in [5.41, 5.74) is 0.653. The molecule has 1 heteroatoms. The molecule has 1 nitrogen and oxygen atoms in total. The summed E-state index contributed by atoms with van der Waals surface area (Å²) < 4.78 is 0. The lowest BCUT2D eigenvalue weighted by molar-refractivity contribution is 0.325. The Morgan fingerprint density at radius 3 is 2.40 bits per heavy atom. The average Bonchev–Trinajstić information content (AvgIpc) is 2.65. The molecular formula is C9H15N. The number of nitrogens with one attached hydrogen (secondary N) is 1. The van der Waals surface area contributed by atoms with Gasteiger partial charge >= 0.3 is 0 Å². The summed E-state index contributed by atoms with van der Waals surface area (Å²) in [7, 11) is 0. The molecule has 0 amide bonds. The summed E-state index contributed by atoms with van der Waals surface area (Å²) >= 11 is 0. The molecule has 0 unspecified atom stereocenters. The van der Waals surface area contributed by atoms with E-state index in [9.17, 15) is 0 Å². The number of rotatable bonds is 1. The van der Waals surface area contributed by atoms with Gasteiger partial charge in [0.15, 0.2) is 0 Å². The highest BCUT2D eigenvalue weighted by atomic mass is 14.6. The SMILES string of the molecule is N=C[C@H]1CC12CCCCC2. The van der Waals surface area contributed by atoms with Gasteiger partial charge in [0.1, 0.15) is 0 Å². The zero-order valence-electron chi connectivity index (χ0n) is 6.40. The van der Waals surface area contributed by atoms with E-state index in [2.05, 4.69) is 0 Å². The molecule has 2 fully saturated rings. The van der Waals surface area contributed by atoms with Crippen molar-refractivity contribution in [3.63, 3.8) is 0 Å². The minimum Gasteiger partial charge on any atom is -0.313 e. The molecule has 2 aliphatic rings. The topological polar surface area (TPSA) is 23.9 Å². The molecule has 0 aromatic heterocycles. The van der Waals surface area contributed by atoms with Crippen LogP contribution in [0.2, 0.25) is 0 Å². The Hall–Kier alpha value is -0.330. The Bertz CT molecular complexity index is 145. The molecule has 1 N–H and O–H groups in total. The Morgan fingerprint density at radius 1 is 1.20 bits per heavy atom. The lowest BCUT2D eigenvalue weighted by Crippen LogP contribution is -2.09. The average molecular weight is 137 g/mol. The lowest BCUT2D eigenvalue weighted by Gasteiger charge is -2.21. The normalized spacial score (nSPS) is 35.8. The number of hydrogen-bond acceptors (Lipinski definition) is 1. The summed E-state index contributed by atoms with van der Waals surface area (Å²) in [5.74, 6) is 0.674. The van der Waals surface area contributed by atoms with Crippen molar-refractivity contribution in [2.45, 2.75) is 38.5 Å². The van der Waals surface area contributed by atoms with Crippen molar-refractivity contribution < 1.29 is 0 Å². The summed E-state index contributed by atoms with van der Waals surface area (Å²) in [6.45, 7) is 0. The van der Waals surface area contributed by atoms with E-state index in [1.54, 1.807) is 6.21 Å². The van der Waals surface area contributed by atoms with Gasteiger partial charge in [-0.05, 0) is 36.8 Å². The van der Waals surface area contributed by atoms with Crippen molar-refractivity contribution >= 4 is 6.21 Å². The van der Waals surface area contributed by atoms with Gasteiger partial charge in [0.25, 0.3) is 0 Å². The second-order valence-corrected chi connectivity index (χ2v) is 3.90. The smallest absolute Gasteiger partial charge is 0.000266 e. The van der Waals surface area contributed by atoms with Gasteiger partial charge in [0, 0.05) is 0 Å². The van der Waals surface area contributed by atoms with Crippen LogP contribution in [-0.2, 0) is 0 Å². The Kier molecular flexibility index (Phi) is 1.33. The number of hydrogen-bond donors (Lipinski definition) is 1. The van der Waals surface area contributed by atoms with Gasteiger partial charge < -0.3 is 5.41 Å². The molecule has 0 aliphatic heterocycles. The van der Waals surface area contributed by atoms with Gasteiger partial charge in [-0.1, -0.05) is 19.3 Å². The van der Waals surface area contributed by atoms with Crippen molar-refractivity contribution in [1.82, 2.24) is 0 Å². The maximum Gasteiger partial charge on any atom is -0.000266 e.